The number of rotatable bonds is 2. The normalized spacial score (nSPS) is 10.7. The average molecular weight is 235 g/mol. The van der Waals surface area contributed by atoms with Gasteiger partial charge in [0.15, 0.2) is 0 Å². The second kappa shape index (κ2) is 4.17. The molecule has 0 unspecified atom stereocenters. The molecule has 2 rings (SSSR count). The van der Waals surface area contributed by atoms with Crippen LogP contribution in [0.4, 0.5) is 5.69 Å². The van der Waals surface area contributed by atoms with E-state index in [0.29, 0.717) is 0 Å². The number of anilines is 1. The maximum atomic E-state index is 11.5. The largest absolute Gasteiger partial charge is 0.342 e. The second-order valence-corrected chi connectivity index (χ2v) is 3.95. The Bertz CT molecular complexity index is 535. The minimum absolute atomic E-state index is 0.0288. The molecule has 0 aliphatic carbocycles. The quantitative estimate of drug-likeness (QED) is 0.779. The lowest BCUT2D eigenvalue weighted by Crippen LogP contribution is -2.27. The minimum Gasteiger partial charge on any atom is -0.342 e. The number of nitrogens with one attached hydrogen (secondary N) is 1. The fraction of sp³-hybridized carbons (Fsp3) is 0.273. The van der Waals surface area contributed by atoms with Gasteiger partial charge in [0.05, 0.1) is 16.8 Å². The van der Waals surface area contributed by atoms with Crippen LogP contribution in [0.3, 0.4) is 0 Å². The molecule has 0 aliphatic rings. The number of fused-ring (bicyclic) bond motifs is 1. The fourth-order valence-electron chi connectivity index (χ4n) is 1.58. The number of carbonyl (C=O) groups excluding carboxylic acids is 1. The summed E-state index contributed by atoms with van der Waals surface area (Å²) in [5, 5.41) is 0. The number of aromatic amines is 1. The minimum atomic E-state index is -0.0288. The monoisotopic (exact) mass is 235 g/mol. The summed E-state index contributed by atoms with van der Waals surface area (Å²) in [6, 6.07) is 5.69. The summed E-state index contributed by atoms with van der Waals surface area (Å²) in [7, 11) is 1.74. The molecule has 0 saturated carbocycles. The number of nitrogens with zero attached hydrogens (tertiary/aromatic N) is 2. The number of hydrogen-bond acceptors (Lipinski definition) is 3. The van der Waals surface area contributed by atoms with Crippen LogP contribution in [0.15, 0.2) is 18.2 Å². The average Bonchev–Trinajstić information content (AvgIpc) is 2.65. The molecule has 5 heteroatoms. The summed E-state index contributed by atoms with van der Waals surface area (Å²) >= 11 is 3.97. The van der Waals surface area contributed by atoms with E-state index in [1.54, 1.807) is 11.9 Å². The van der Waals surface area contributed by atoms with Gasteiger partial charge in [-0.3, -0.25) is 4.79 Å². The molecule has 1 amide bonds. The summed E-state index contributed by atoms with van der Waals surface area (Å²) in [5.41, 5.74) is 2.69. The van der Waals surface area contributed by atoms with Crippen molar-refractivity contribution in [3.05, 3.63) is 24.0 Å². The maximum absolute atomic E-state index is 11.5. The van der Waals surface area contributed by atoms with E-state index in [1.165, 1.54) is 0 Å². The lowest BCUT2D eigenvalue weighted by atomic mass is 10.2. The molecular weight excluding hydrogens is 222 g/mol. The Morgan fingerprint density at radius 3 is 3.00 bits per heavy atom. The third kappa shape index (κ3) is 1.90. The molecule has 1 aromatic carbocycles. The van der Waals surface area contributed by atoms with E-state index in [-0.39, 0.29) is 11.7 Å². The number of benzene rings is 1. The van der Waals surface area contributed by atoms with Gasteiger partial charge in [-0.1, -0.05) is 0 Å². The Hall–Kier alpha value is -1.49. The highest BCUT2D eigenvalue weighted by atomic mass is 32.1. The molecule has 0 bridgehead atoms. The van der Waals surface area contributed by atoms with Crippen LogP contribution in [0.25, 0.3) is 11.0 Å². The first-order valence-corrected chi connectivity index (χ1v) is 5.59. The molecule has 0 aliphatic heterocycles. The second-order valence-electron chi connectivity index (χ2n) is 3.63. The zero-order chi connectivity index (χ0) is 11.7. The van der Waals surface area contributed by atoms with Gasteiger partial charge in [0, 0.05) is 12.7 Å². The van der Waals surface area contributed by atoms with E-state index < -0.39 is 0 Å². The van der Waals surface area contributed by atoms with Crippen molar-refractivity contribution in [2.45, 2.75) is 6.92 Å². The van der Waals surface area contributed by atoms with Crippen LogP contribution in [0, 0.1) is 6.92 Å². The molecule has 0 atom stereocenters. The third-order valence-corrected chi connectivity index (χ3v) is 2.75. The highest BCUT2D eigenvalue weighted by Gasteiger charge is 2.10. The molecule has 1 N–H and O–H groups in total. The van der Waals surface area contributed by atoms with Gasteiger partial charge in [0.25, 0.3) is 0 Å². The van der Waals surface area contributed by atoms with Crippen LogP contribution in [-0.4, -0.2) is 28.7 Å². The molecule has 0 fully saturated rings. The smallest absolute Gasteiger partial charge is 0.236 e. The zero-order valence-corrected chi connectivity index (χ0v) is 10.1. The lowest BCUT2D eigenvalue weighted by molar-refractivity contribution is -0.115. The molecule has 0 spiro atoms. The summed E-state index contributed by atoms with van der Waals surface area (Å²) in [6.45, 7) is 1.91. The van der Waals surface area contributed by atoms with E-state index in [9.17, 15) is 4.79 Å². The molecule has 16 heavy (non-hydrogen) atoms. The fourth-order valence-corrected chi connectivity index (χ4v) is 1.80. The highest BCUT2D eigenvalue weighted by Crippen LogP contribution is 2.19. The predicted octanol–water partition coefficient (Wildman–Crippen LogP) is 1.76. The summed E-state index contributed by atoms with van der Waals surface area (Å²) in [5.74, 6) is 1.05. The standard InChI is InChI=1S/C11H13N3OS/c1-7-12-9-4-3-8(5-10(9)13-7)14(2)11(15)6-16/h3-5,16H,6H2,1-2H3,(H,12,13). The Labute approximate surface area is 99.1 Å². The van der Waals surface area contributed by atoms with Crippen LogP contribution in [0.5, 0.6) is 0 Å². The third-order valence-electron chi connectivity index (χ3n) is 2.48. The van der Waals surface area contributed by atoms with E-state index in [2.05, 4.69) is 22.6 Å². The van der Waals surface area contributed by atoms with Gasteiger partial charge in [0.2, 0.25) is 5.91 Å². The number of H-pyrrole nitrogens is 1. The van der Waals surface area contributed by atoms with Crippen LogP contribution < -0.4 is 4.90 Å². The molecule has 1 aromatic heterocycles. The first-order valence-electron chi connectivity index (χ1n) is 4.95. The van der Waals surface area contributed by atoms with E-state index in [4.69, 9.17) is 0 Å². The van der Waals surface area contributed by atoms with Crippen LogP contribution in [0.1, 0.15) is 5.82 Å². The number of hydrogen-bond donors (Lipinski definition) is 2. The van der Waals surface area contributed by atoms with Crippen molar-refractivity contribution in [1.82, 2.24) is 9.97 Å². The van der Waals surface area contributed by atoms with Crippen molar-refractivity contribution in [2.24, 2.45) is 0 Å². The highest BCUT2D eigenvalue weighted by molar-refractivity contribution is 7.81. The lowest BCUT2D eigenvalue weighted by Gasteiger charge is -2.15. The van der Waals surface area contributed by atoms with Gasteiger partial charge in [-0.05, 0) is 25.1 Å². The van der Waals surface area contributed by atoms with Crippen molar-refractivity contribution in [2.75, 3.05) is 17.7 Å². The Balaban J connectivity index is 2.42. The van der Waals surface area contributed by atoms with Gasteiger partial charge >= 0.3 is 0 Å². The summed E-state index contributed by atoms with van der Waals surface area (Å²) in [4.78, 5) is 20.5. The molecule has 4 nitrogen and oxygen atoms in total. The number of thiol groups is 1. The van der Waals surface area contributed by atoms with Crippen molar-refractivity contribution in [1.29, 1.82) is 0 Å². The van der Waals surface area contributed by atoms with Gasteiger partial charge in [-0.25, -0.2) is 4.98 Å². The number of amides is 1. The SMILES string of the molecule is Cc1nc2ccc(N(C)C(=O)CS)cc2[nH]1. The number of aryl methyl sites for hydroxylation is 1. The van der Waals surface area contributed by atoms with E-state index >= 15 is 0 Å². The molecule has 2 aromatic rings. The van der Waals surface area contributed by atoms with Gasteiger partial charge in [-0.15, -0.1) is 0 Å². The summed E-state index contributed by atoms with van der Waals surface area (Å²) < 4.78 is 0. The zero-order valence-electron chi connectivity index (χ0n) is 9.19. The Morgan fingerprint density at radius 2 is 2.31 bits per heavy atom. The number of carbonyl (C=O) groups is 1. The molecule has 0 radical (unpaired) electrons. The van der Waals surface area contributed by atoms with Crippen molar-refractivity contribution in [3.63, 3.8) is 0 Å². The van der Waals surface area contributed by atoms with E-state index in [1.807, 2.05) is 25.1 Å². The molecule has 0 saturated heterocycles. The Morgan fingerprint density at radius 1 is 1.56 bits per heavy atom. The first kappa shape index (κ1) is 11.0. The van der Waals surface area contributed by atoms with Crippen molar-refractivity contribution in [3.8, 4) is 0 Å². The summed E-state index contributed by atoms with van der Waals surface area (Å²) in [6.07, 6.45) is 0. The maximum Gasteiger partial charge on any atom is 0.236 e. The van der Waals surface area contributed by atoms with Crippen LogP contribution in [-0.2, 0) is 4.79 Å². The number of aromatic nitrogens is 2. The first-order chi connectivity index (χ1) is 7.61. The molecule has 1 heterocycles. The van der Waals surface area contributed by atoms with Gasteiger partial charge < -0.3 is 9.88 Å². The predicted molar refractivity (Wildman–Crippen MR) is 68.1 cm³/mol. The van der Waals surface area contributed by atoms with Gasteiger partial charge in [0.1, 0.15) is 5.82 Å². The van der Waals surface area contributed by atoms with E-state index in [0.717, 1.165) is 22.5 Å². The van der Waals surface area contributed by atoms with Crippen molar-refractivity contribution >= 4 is 35.3 Å². The molecule has 84 valence electrons. The topological polar surface area (TPSA) is 49.0 Å². The van der Waals surface area contributed by atoms with Crippen molar-refractivity contribution < 1.29 is 4.79 Å². The molecular formula is C11H13N3OS. The van der Waals surface area contributed by atoms with Gasteiger partial charge in [-0.2, -0.15) is 12.6 Å². The number of imidazole rings is 1. The van der Waals surface area contributed by atoms with Crippen LogP contribution in [0.2, 0.25) is 0 Å². The van der Waals surface area contributed by atoms with Crippen LogP contribution >= 0.6 is 12.6 Å². The Kier molecular flexibility index (Phi) is 2.87.